The summed E-state index contributed by atoms with van der Waals surface area (Å²) in [6.45, 7) is 2.31. The second kappa shape index (κ2) is 5.11. The van der Waals surface area contributed by atoms with Gasteiger partial charge in [-0.3, -0.25) is 14.9 Å². The van der Waals surface area contributed by atoms with E-state index in [-0.39, 0.29) is 17.0 Å². The number of carbonyl (C=O) groups is 1. The molecule has 0 unspecified atom stereocenters. The molecule has 6 heteroatoms. The number of nitrogens with zero attached hydrogens (tertiary/aromatic N) is 1. The number of phenols is 1. The topological polar surface area (TPSA) is 92.5 Å². The molecular weight excluding hydrogens is 212 g/mol. The molecule has 1 amide bonds. The van der Waals surface area contributed by atoms with Crippen LogP contribution in [0.1, 0.15) is 23.7 Å². The summed E-state index contributed by atoms with van der Waals surface area (Å²) >= 11 is 0. The van der Waals surface area contributed by atoms with E-state index in [1.165, 1.54) is 6.07 Å². The van der Waals surface area contributed by atoms with Crippen molar-refractivity contribution in [1.29, 1.82) is 0 Å². The molecule has 0 bridgehead atoms. The quantitative estimate of drug-likeness (QED) is 0.597. The molecule has 0 radical (unpaired) electrons. The molecule has 1 aromatic rings. The molecule has 6 nitrogen and oxygen atoms in total. The summed E-state index contributed by atoms with van der Waals surface area (Å²) in [6, 6.07) is 3.37. The zero-order chi connectivity index (χ0) is 12.1. The Morgan fingerprint density at radius 3 is 2.81 bits per heavy atom. The Labute approximate surface area is 92.0 Å². The van der Waals surface area contributed by atoms with Crippen molar-refractivity contribution in [2.45, 2.75) is 13.3 Å². The van der Waals surface area contributed by atoms with Crippen LogP contribution >= 0.6 is 0 Å². The lowest BCUT2D eigenvalue weighted by molar-refractivity contribution is -0.385. The fourth-order valence-electron chi connectivity index (χ4n) is 1.20. The maximum Gasteiger partial charge on any atom is 0.282 e. The molecule has 2 N–H and O–H groups in total. The molecule has 0 aliphatic carbocycles. The number of benzene rings is 1. The number of hydrogen-bond donors (Lipinski definition) is 2. The normalized spacial score (nSPS) is 9.81. The van der Waals surface area contributed by atoms with Crippen LogP contribution in [0.2, 0.25) is 0 Å². The zero-order valence-corrected chi connectivity index (χ0v) is 8.77. The van der Waals surface area contributed by atoms with Crippen LogP contribution in [0.4, 0.5) is 5.69 Å². The van der Waals surface area contributed by atoms with Gasteiger partial charge in [0.2, 0.25) is 0 Å². The predicted octanol–water partition coefficient (Wildman–Crippen LogP) is 1.44. The first-order chi connectivity index (χ1) is 7.56. The summed E-state index contributed by atoms with van der Waals surface area (Å²) < 4.78 is 0. The van der Waals surface area contributed by atoms with Crippen LogP contribution in [0.15, 0.2) is 18.2 Å². The first kappa shape index (κ1) is 12.0. The van der Waals surface area contributed by atoms with Gasteiger partial charge in [0.15, 0.2) is 0 Å². The summed E-state index contributed by atoms with van der Waals surface area (Å²) in [5.41, 5.74) is -0.440. The lowest BCUT2D eigenvalue weighted by Crippen LogP contribution is -2.24. The van der Waals surface area contributed by atoms with Gasteiger partial charge in [-0.2, -0.15) is 0 Å². The second-order valence-electron chi connectivity index (χ2n) is 3.21. The molecule has 1 rings (SSSR count). The number of carbonyl (C=O) groups excluding carboxylic acids is 1. The van der Waals surface area contributed by atoms with Crippen LogP contribution < -0.4 is 5.32 Å². The highest BCUT2D eigenvalue weighted by Crippen LogP contribution is 2.22. The van der Waals surface area contributed by atoms with E-state index in [0.29, 0.717) is 6.54 Å². The fourth-order valence-corrected chi connectivity index (χ4v) is 1.20. The number of amides is 1. The monoisotopic (exact) mass is 224 g/mol. The van der Waals surface area contributed by atoms with Crippen LogP contribution in [-0.2, 0) is 0 Å². The minimum absolute atomic E-state index is 0.126. The Balaban J connectivity index is 3.04. The highest BCUT2D eigenvalue weighted by molar-refractivity contribution is 5.98. The Hall–Kier alpha value is -2.11. The summed E-state index contributed by atoms with van der Waals surface area (Å²) in [5, 5.41) is 22.4. The minimum atomic E-state index is -0.652. The van der Waals surface area contributed by atoms with E-state index >= 15 is 0 Å². The van der Waals surface area contributed by atoms with E-state index in [4.69, 9.17) is 0 Å². The Morgan fingerprint density at radius 2 is 2.25 bits per heavy atom. The third-order valence-corrected chi connectivity index (χ3v) is 1.96. The molecule has 0 saturated heterocycles. The van der Waals surface area contributed by atoms with Gasteiger partial charge in [0.1, 0.15) is 11.3 Å². The molecule has 16 heavy (non-hydrogen) atoms. The van der Waals surface area contributed by atoms with E-state index in [2.05, 4.69) is 5.32 Å². The van der Waals surface area contributed by atoms with E-state index in [0.717, 1.165) is 18.6 Å². The maximum atomic E-state index is 11.6. The van der Waals surface area contributed by atoms with Crippen molar-refractivity contribution in [3.8, 4) is 5.75 Å². The molecule has 0 atom stereocenters. The summed E-state index contributed by atoms with van der Waals surface area (Å²) in [4.78, 5) is 21.6. The SMILES string of the molecule is CCCNC(=O)c1cc(O)ccc1[N+](=O)[O-]. The smallest absolute Gasteiger partial charge is 0.282 e. The van der Waals surface area contributed by atoms with Crippen molar-refractivity contribution in [2.24, 2.45) is 0 Å². The van der Waals surface area contributed by atoms with Gasteiger partial charge in [-0.1, -0.05) is 6.92 Å². The number of nitro benzene ring substituents is 1. The van der Waals surface area contributed by atoms with Gasteiger partial charge in [-0.05, 0) is 18.6 Å². The highest BCUT2D eigenvalue weighted by atomic mass is 16.6. The van der Waals surface area contributed by atoms with Crippen LogP contribution in [-0.4, -0.2) is 22.5 Å². The third kappa shape index (κ3) is 2.69. The second-order valence-corrected chi connectivity index (χ2v) is 3.21. The number of hydrogen-bond acceptors (Lipinski definition) is 4. The van der Waals surface area contributed by atoms with Gasteiger partial charge in [0.25, 0.3) is 11.6 Å². The standard InChI is InChI=1S/C10H12N2O4/c1-2-5-11-10(14)8-6-7(13)3-4-9(8)12(15)16/h3-4,6,13H,2,5H2,1H3,(H,11,14). The number of aromatic hydroxyl groups is 1. The Morgan fingerprint density at radius 1 is 1.56 bits per heavy atom. The maximum absolute atomic E-state index is 11.6. The molecule has 1 aromatic carbocycles. The van der Waals surface area contributed by atoms with Gasteiger partial charge in [-0.15, -0.1) is 0 Å². The largest absolute Gasteiger partial charge is 0.508 e. The first-order valence-corrected chi connectivity index (χ1v) is 4.82. The molecule has 0 spiro atoms. The average Bonchev–Trinajstić information content (AvgIpc) is 2.25. The Kier molecular flexibility index (Phi) is 3.82. The van der Waals surface area contributed by atoms with Gasteiger partial charge in [0.05, 0.1) is 4.92 Å². The first-order valence-electron chi connectivity index (χ1n) is 4.82. The zero-order valence-electron chi connectivity index (χ0n) is 8.77. The van der Waals surface area contributed by atoms with Crippen molar-refractivity contribution in [1.82, 2.24) is 5.32 Å². The molecule has 0 heterocycles. The molecule has 0 aromatic heterocycles. The van der Waals surface area contributed by atoms with Crippen molar-refractivity contribution < 1.29 is 14.8 Å². The van der Waals surface area contributed by atoms with Crippen molar-refractivity contribution in [2.75, 3.05) is 6.54 Å². The van der Waals surface area contributed by atoms with Crippen LogP contribution in [0.25, 0.3) is 0 Å². The minimum Gasteiger partial charge on any atom is -0.508 e. The number of nitrogens with one attached hydrogen (secondary N) is 1. The number of phenolic OH excluding ortho intramolecular Hbond substituents is 1. The molecule has 0 saturated carbocycles. The lowest BCUT2D eigenvalue weighted by atomic mass is 10.1. The van der Waals surface area contributed by atoms with Gasteiger partial charge in [0, 0.05) is 12.6 Å². The van der Waals surface area contributed by atoms with Crippen LogP contribution in [0.3, 0.4) is 0 Å². The van der Waals surface area contributed by atoms with Crippen molar-refractivity contribution in [3.63, 3.8) is 0 Å². The van der Waals surface area contributed by atoms with Gasteiger partial charge >= 0.3 is 0 Å². The number of rotatable bonds is 4. The van der Waals surface area contributed by atoms with Crippen molar-refractivity contribution in [3.05, 3.63) is 33.9 Å². The van der Waals surface area contributed by atoms with E-state index in [1.54, 1.807) is 0 Å². The number of nitro groups is 1. The van der Waals surface area contributed by atoms with E-state index in [1.807, 2.05) is 6.92 Å². The molecular formula is C10H12N2O4. The van der Waals surface area contributed by atoms with Crippen molar-refractivity contribution >= 4 is 11.6 Å². The van der Waals surface area contributed by atoms with Gasteiger partial charge < -0.3 is 10.4 Å². The lowest BCUT2D eigenvalue weighted by Gasteiger charge is -2.04. The van der Waals surface area contributed by atoms with E-state index in [9.17, 15) is 20.0 Å². The fraction of sp³-hybridized carbons (Fsp3) is 0.300. The summed E-state index contributed by atoms with van der Waals surface area (Å²) in [6.07, 6.45) is 0.734. The third-order valence-electron chi connectivity index (χ3n) is 1.96. The molecule has 0 fully saturated rings. The molecule has 86 valence electrons. The molecule has 0 aliphatic heterocycles. The highest BCUT2D eigenvalue weighted by Gasteiger charge is 2.20. The Bertz CT molecular complexity index is 417. The van der Waals surface area contributed by atoms with E-state index < -0.39 is 10.8 Å². The van der Waals surface area contributed by atoms with Crippen LogP contribution in [0.5, 0.6) is 5.75 Å². The van der Waals surface area contributed by atoms with Gasteiger partial charge in [-0.25, -0.2) is 0 Å². The predicted molar refractivity (Wildman–Crippen MR) is 57.4 cm³/mol. The summed E-state index contributed by atoms with van der Waals surface area (Å²) in [5.74, 6) is -0.725. The van der Waals surface area contributed by atoms with Crippen LogP contribution in [0, 0.1) is 10.1 Å². The average molecular weight is 224 g/mol. The summed E-state index contributed by atoms with van der Waals surface area (Å²) in [7, 11) is 0. The molecule has 0 aliphatic rings.